The number of rotatable bonds is 1. The first-order chi connectivity index (χ1) is 6.58. The van der Waals surface area contributed by atoms with E-state index in [1.807, 2.05) is 6.92 Å². The first kappa shape index (κ1) is 10.4. The number of fused-ring (bicyclic) bond motifs is 1. The molecule has 2 atom stereocenters. The van der Waals surface area contributed by atoms with Crippen LogP contribution in [0.25, 0.3) is 0 Å². The van der Waals surface area contributed by atoms with Gasteiger partial charge in [0, 0.05) is 17.2 Å². The molecule has 0 radical (unpaired) electrons. The van der Waals surface area contributed by atoms with Crippen LogP contribution in [0.15, 0.2) is 14.5 Å². The van der Waals surface area contributed by atoms with Crippen molar-refractivity contribution in [2.75, 3.05) is 0 Å². The molecule has 76 valence electrons. The summed E-state index contributed by atoms with van der Waals surface area (Å²) in [6, 6.07) is 1.54. The van der Waals surface area contributed by atoms with E-state index in [2.05, 4.69) is 0 Å². The fourth-order valence-electron chi connectivity index (χ4n) is 1.32. The fourth-order valence-corrected chi connectivity index (χ4v) is 4.72. The van der Waals surface area contributed by atoms with Gasteiger partial charge in [0.25, 0.3) is 0 Å². The quantitative estimate of drug-likeness (QED) is 0.775. The second kappa shape index (κ2) is 3.77. The van der Waals surface area contributed by atoms with E-state index in [4.69, 9.17) is 4.55 Å². The molecule has 2 unspecified atom stereocenters. The number of carbonyl (C=O) groups is 1. The number of thiophene rings is 1. The summed E-state index contributed by atoms with van der Waals surface area (Å²) in [5.41, 5.74) is 0.621. The molecule has 0 fully saturated rings. The highest BCUT2D eigenvalue weighted by atomic mass is 32.2. The zero-order valence-electron chi connectivity index (χ0n) is 7.35. The highest BCUT2D eigenvalue weighted by molar-refractivity contribution is 8.02. The highest BCUT2D eigenvalue weighted by Gasteiger charge is 2.26. The summed E-state index contributed by atoms with van der Waals surface area (Å²) < 4.78 is 20.9. The molecule has 2 rings (SSSR count). The lowest BCUT2D eigenvalue weighted by atomic mass is 10.1. The van der Waals surface area contributed by atoms with Crippen molar-refractivity contribution in [3.8, 4) is 0 Å². The van der Waals surface area contributed by atoms with Crippen LogP contribution in [0.2, 0.25) is 0 Å². The third-order valence-electron chi connectivity index (χ3n) is 1.93. The van der Waals surface area contributed by atoms with Crippen molar-refractivity contribution < 1.29 is 13.6 Å². The van der Waals surface area contributed by atoms with Crippen molar-refractivity contribution in [1.29, 1.82) is 0 Å². The van der Waals surface area contributed by atoms with Gasteiger partial charge < -0.3 is 4.55 Å². The Bertz CT molecular complexity index is 410. The van der Waals surface area contributed by atoms with Gasteiger partial charge >= 0.3 is 0 Å². The molecule has 1 aliphatic heterocycles. The molecule has 0 saturated carbocycles. The summed E-state index contributed by atoms with van der Waals surface area (Å²) in [4.78, 5) is 11.5. The number of Topliss-reactive ketones (excluding diaryl/α,β-unsaturated/α-hetero) is 1. The largest absolute Gasteiger partial charge is 0.302 e. The van der Waals surface area contributed by atoms with Crippen LogP contribution in [0.1, 0.15) is 23.7 Å². The molecule has 1 aromatic heterocycles. The molecule has 0 bridgehead atoms. The molecular formula is C8H8O3S3. The molecule has 6 heteroatoms. The van der Waals surface area contributed by atoms with Crippen LogP contribution in [0.4, 0.5) is 0 Å². The van der Waals surface area contributed by atoms with E-state index < -0.39 is 11.1 Å². The van der Waals surface area contributed by atoms with Crippen LogP contribution in [-0.2, 0) is 11.1 Å². The van der Waals surface area contributed by atoms with E-state index >= 15 is 0 Å². The smallest absolute Gasteiger partial charge is 0.196 e. The van der Waals surface area contributed by atoms with E-state index in [0.717, 1.165) is 4.21 Å². The maximum atomic E-state index is 11.5. The first-order valence-electron chi connectivity index (χ1n) is 4.02. The van der Waals surface area contributed by atoms with Gasteiger partial charge in [0.05, 0.1) is 4.21 Å². The van der Waals surface area contributed by atoms with E-state index in [0.29, 0.717) is 16.2 Å². The van der Waals surface area contributed by atoms with Crippen LogP contribution in [0.5, 0.6) is 0 Å². The van der Waals surface area contributed by atoms with Gasteiger partial charge in [-0.15, -0.1) is 23.1 Å². The maximum absolute atomic E-state index is 11.5. The summed E-state index contributed by atoms with van der Waals surface area (Å²) in [5, 5.41) is 0.272. The predicted molar refractivity (Wildman–Crippen MR) is 57.6 cm³/mol. The van der Waals surface area contributed by atoms with Crippen molar-refractivity contribution >= 4 is 40.0 Å². The lowest BCUT2D eigenvalue weighted by molar-refractivity contribution is 0.0979. The monoisotopic (exact) mass is 248 g/mol. The summed E-state index contributed by atoms with van der Waals surface area (Å²) in [7, 11) is 0. The van der Waals surface area contributed by atoms with Crippen molar-refractivity contribution in [2.24, 2.45) is 0 Å². The van der Waals surface area contributed by atoms with Gasteiger partial charge in [-0.25, -0.2) is 4.21 Å². The predicted octanol–water partition coefficient (Wildman–Crippen LogP) is 2.40. The molecular weight excluding hydrogens is 240 g/mol. The minimum absolute atomic E-state index is 0.0826. The van der Waals surface area contributed by atoms with Gasteiger partial charge in [0.2, 0.25) is 0 Å². The standard InChI is InChI=1S/C8H8O3S3/c1-4-2-6(9)5-3-7(14(10)11)13-8(5)12-4/h3-4H,2H2,1H3,(H,10,11). The topological polar surface area (TPSA) is 54.4 Å². The SMILES string of the molecule is CC1CC(=O)c2cc(S(=O)O)sc2S1. The first-order valence-corrected chi connectivity index (χ1v) is 6.82. The van der Waals surface area contributed by atoms with Crippen LogP contribution in [-0.4, -0.2) is 19.8 Å². The zero-order valence-corrected chi connectivity index (χ0v) is 9.80. The molecule has 3 nitrogen and oxygen atoms in total. The lowest BCUT2D eigenvalue weighted by Crippen LogP contribution is -2.12. The summed E-state index contributed by atoms with van der Waals surface area (Å²) in [5.74, 6) is 0.0826. The van der Waals surface area contributed by atoms with Crippen LogP contribution < -0.4 is 0 Å². The molecule has 1 aliphatic rings. The molecule has 1 N–H and O–H groups in total. The molecule has 1 aromatic rings. The number of ketones is 1. The Kier molecular flexibility index (Phi) is 2.79. The van der Waals surface area contributed by atoms with E-state index in [1.165, 1.54) is 17.4 Å². The van der Waals surface area contributed by atoms with Crippen LogP contribution in [0, 0.1) is 0 Å². The minimum Gasteiger partial charge on any atom is -0.302 e. The summed E-state index contributed by atoms with van der Waals surface area (Å²) in [6.45, 7) is 1.99. The maximum Gasteiger partial charge on any atom is 0.196 e. The van der Waals surface area contributed by atoms with Gasteiger partial charge in [-0.2, -0.15) is 0 Å². The molecule has 0 spiro atoms. The molecule has 14 heavy (non-hydrogen) atoms. The van der Waals surface area contributed by atoms with E-state index in [-0.39, 0.29) is 11.0 Å². The third-order valence-corrected chi connectivity index (χ3v) is 5.33. The second-order valence-corrected chi connectivity index (χ2v) is 7.03. The normalized spacial score (nSPS) is 23.3. The Balaban J connectivity index is 2.45. The van der Waals surface area contributed by atoms with E-state index in [9.17, 15) is 9.00 Å². The zero-order chi connectivity index (χ0) is 10.3. The van der Waals surface area contributed by atoms with Gasteiger partial charge in [-0.1, -0.05) is 6.92 Å². The average molecular weight is 248 g/mol. The van der Waals surface area contributed by atoms with Gasteiger partial charge in [-0.05, 0) is 6.07 Å². The van der Waals surface area contributed by atoms with Crippen LogP contribution in [0.3, 0.4) is 0 Å². The van der Waals surface area contributed by atoms with Crippen molar-refractivity contribution in [2.45, 2.75) is 27.0 Å². The fraction of sp³-hybridized carbons (Fsp3) is 0.375. The number of carbonyl (C=O) groups excluding carboxylic acids is 1. The minimum atomic E-state index is -1.97. The second-order valence-electron chi connectivity index (χ2n) is 3.07. The van der Waals surface area contributed by atoms with Gasteiger partial charge in [0.1, 0.15) is 4.21 Å². The van der Waals surface area contributed by atoms with Crippen LogP contribution >= 0.6 is 23.1 Å². The lowest BCUT2D eigenvalue weighted by Gasteiger charge is -2.15. The van der Waals surface area contributed by atoms with Gasteiger partial charge in [-0.3, -0.25) is 4.79 Å². The Morgan fingerprint density at radius 3 is 3.00 bits per heavy atom. The van der Waals surface area contributed by atoms with E-state index in [1.54, 1.807) is 11.8 Å². The number of hydrogen-bond donors (Lipinski definition) is 1. The number of thioether (sulfide) groups is 1. The molecule has 0 amide bonds. The molecule has 2 heterocycles. The van der Waals surface area contributed by atoms with Crippen molar-refractivity contribution in [3.05, 3.63) is 11.6 Å². The molecule has 0 saturated heterocycles. The Morgan fingerprint density at radius 1 is 1.64 bits per heavy atom. The number of hydrogen-bond acceptors (Lipinski definition) is 4. The molecule has 0 aromatic carbocycles. The van der Waals surface area contributed by atoms with Crippen molar-refractivity contribution in [1.82, 2.24) is 0 Å². The Morgan fingerprint density at radius 2 is 2.36 bits per heavy atom. The highest BCUT2D eigenvalue weighted by Crippen LogP contribution is 2.41. The molecule has 0 aliphatic carbocycles. The van der Waals surface area contributed by atoms with Crippen molar-refractivity contribution in [3.63, 3.8) is 0 Å². The summed E-state index contributed by atoms with van der Waals surface area (Å²) >= 11 is 0.882. The Labute approximate surface area is 92.2 Å². The Hall–Kier alpha value is -0.170. The summed E-state index contributed by atoms with van der Waals surface area (Å²) in [6.07, 6.45) is 0.520. The van der Waals surface area contributed by atoms with Gasteiger partial charge in [0.15, 0.2) is 16.9 Å². The average Bonchev–Trinajstić information content (AvgIpc) is 2.47. The third kappa shape index (κ3) is 1.79.